The molecule has 0 bridgehead atoms. The number of hydrogen-bond acceptors (Lipinski definition) is 7. The minimum Gasteiger partial charge on any atom is -0.465 e. The predicted octanol–water partition coefficient (Wildman–Crippen LogP) is 2.49. The van der Waals surface area contributed by atoms with Gasteiger partial charge < -0.3 is 10.1 Å². The Bertz CT molecular complexity index is 1140. The average molecular weight is 461 g/mol. The molecule has 11 heteroatoms. The summed E-state index contributed by atoms with van der Waals surface area (Å²) in [5.74, 6) is -1.46. The van der Waals surface area contributed by atoms with Crippen LogP contribution in [0.25, 0.3) is 0 Å². The second kappa shape index (κ2) is 9.88. The first-order valence-corrected chi connectivity index (χ1v) is 11.4. The zero-order valence-corrected chi connectivity index (χ0v) is 18.3. The first kappa shape index (κ1) is 23.4. The van der Waals surface area contributed by atoms with Gasteiger partial charge in [0.1, 0.15) is 0 Å². The molecular formula is C21H23N3O7S. The van der Waals surface area contributed by atoms with Crippen molar-refractivity contribution in [2.24, 2.45) is 0 Å². The molecule has 2 aromatic carbocycles. The summed E-state index contributed by atoms with van der Waals surface area (Å²) < 4.78 is 31.8. The number of carbonyl (C=O) groups excluding carboxylic acids is 2. The van der Waals surface area contributed by atoms with E-state index in [9.17, 15) is 28.1 Å². The molecule has 1 aliphatic heterocycles. The summed E-state index contributed by atoms with van der Waals surface area (Å²) in [5, 5.41) is 13.7. The van der Waals surface area contributed by atoms with Gasteiger partial charge in [0.2, 0.25) is 10.0 Å². The van der Waals surface area contributed by atoms with Crippen molar-refractivity contribution in [3.63, 3.8) is 0 Å². The average Bonchev–Trinajstić information content (AvgIpc) is 2.82. The monoisotopic (exact) mass is 461 g/mol. The van der Waals surface area contributed by atoms with E-state index in [1.165, 1.54) is 22.5 Å². The number of hydrogen-bond donors (Lipinski definition) is 1. The van der Waals surface area contributed by atoms with Crippen LogP contribution in [-0.2, 0) is 21.3 Å². The van der Waals surface area contributed by atoms with Crippen LogP contribution in [0.15, 0.2) is 47.4 Å². The van der Waals surface area contributed by atoms with Gasteiger partial charge in [-0.2, -0.15) is 4.31 Å². The van der Waals surface area contributed by atoms with Crippen LogP contribution in [0.1, 0.15) is 45.5 Å². The number of esters is 1. The highest BCUT2D eigenvalue weighted by Crippen LogP contribution is 2.22. The molecule has 170 valence electrons. The molecule has 0 aliphatic carbocycles. The van der Waals surface area contributed by atoms with Gasteiger partial charge in [0, 0.05) is 37.3 Å². The SMILES string of the molecule is COC(=O)c1cc(C(=O)NCc2cccc(S(=O)(=O)N3CCCCC3)c2)cc([N+](=O)[O-])c1. The molecule has 0 aromatic heterocycles. The molecule has 1 heterocycles. The number of rotatable bonds is 7. The highest BCUT2D eigenvalue weighted by atomic mass is 32.2. The van der Waals surface area contributed by atoms with Crippen LogP contribution in [0.5, 0.6) is 0 Å². The number of benzene rings is 2. The van der Waals surface area contributed by atoms with Crippen LogP contribution in [0.2, 0.25) is 0 Å². The molecule has 2 aromatic rings. The molecule has 0 saturated carbocycles. The molecule has 32 heavy (non-hydrogen) atoms. The quantitative estimate of drug-likeness (QED) is 0.380. The van der Waals surface area contributed by atoms with Gasteiger partial charge in [-0.3, -0.25) is 14.9 Å². The zero-order chi connectivity index (χ0) is 23.3. The topological polar surface area (TPSA) is 136 Å². The maximum atomic E-state index is 12.9. The highest BCUT2D eigenvalue weighted by Gasteiger charge is 2.26. The van der Waals surface area contributed by atoms with E-state index in [2.05, 4.69) is 10.1 Å². The molecule has 1 aliphatic rings. The Kier molecular flexibility index (Phi) is 7.21. The Morgan fingerprint density at radius 3 is 2.44 bits per heavy atom. The summed E-state index contributed by atoms with van der Waals surface area (Å²) in [7, 11) is -2.48. The Balaban J connectivity index is 1.77. The summed E-state index contributed by atoms with van der Waals surface area (Å²) in [6.45, 7) is 0.968. The summed E-state index contributed by atoms with van der Waals surface area (Å²) in [6, 6.07) is 9.56. The number of methoxy groups -OCH3 is 1. The molecule has 1 fully saturated rings. The summed E-state index contributed by atoms with van der Waals surface area (Å²) in [4.78, 5) is 34.9. The second-order valence-electron chi connectivity index (χ2n) is 7.31. The fourth-order valence-electron chi connectivity index (χ4n) is 3.44. The number of sulfonamides is 1. The lowest BCUT2D eigenvalue weighted by atomic mass is 10.1. The zero-order valence-electron chi connectivity index (χ0n) is 17.4. The van der Waals surface area contributed by atoms with E-state index in [-0.39, 0.29) is 22.6 Å². The standard InChI is InChI=1S/C21H23N3O7S/c1-31-21(26)17-11-16(12-18(13-17)24(27)28)20(25)22-14-15-6-5-7-19(10-15)32(29,30)23-8-3-2-4-9-23/h5-7,10-13H,2-4,8-9,14H2,1H3,(H,22,25). The predicted molar refractivity (Wildman–Crippen MR) is 115 cm³/mol. The van der Waals surface area contributed by atoms with Crippen LogP contribution in [-0.4, -0.2) is 49.7 Å². The Hall–Kier alpha value is -3.31. The molecule has 1 saturated heterocycles. The van der Waals surface area contributed by atoms with Gasteiger partial charge in [0.05, 0.1) is 22.5 Å². The third-order valence-electron chi connectivity index (χ3n) is 5.12. The van der Waals surface area contributed by atoms with Gasteiger partial charge in [-0.25, -0.2) is 13.2 Å². The lowest BCUT2D eigenvalue weighted by molar-refractivity contribution is -0.384. The Labute approximate surface area is 185 Å². The number of non-ortho nitro benzene ring substituents is 1. The van der Waals surface area contributed by atoms with Gasteiger partial charge in [-0.05, 0) is 36.6 Å². The van der Waals surface area contributed by atoms with Crippen LogP contribution in [0.3, 0.4) is 0 Å². The van der Waals surface area contributed by atoms with Crippen LogP contribution >= 0.6 is 0 Å². The molecular weight excluding hydrogens is 438 g/mol. The summed E-state index contributed by atoms with van der Waals surface area (Å²) >= 11 is 0. The van der Waals surface area contributed by atoms with Crippen LogP contribution in [0.4, 0.5) is 5.69 Å². The number of ether oxygens (including phenoxy) is 1. The van der Waals surface area contributed by atoms with Crippen molar-refractivity contribution in [3.8, 4) is 0 Å². The first-order valence-electron chi connectivity index (χ1n) is 9.97. The third-order valence-corrected chi connectivity index (χ3v) is 7.01. The van der Waals surface area contributed by atoms with Crippen LogP contribution in [0, 0.1) is 10.1 Å². The highest BCUT2D eigenvalue weighted by molar-refractivity contribution is 7.89. The Morgan fingerprint density at radius 2 is 1.78 bits per heavy atom. The maximum Gasteiger partial charge on any atom is 0.338 e. The van der Waals surface area contributed by atoms with Crippen molar-refractivity contribution in [3.05, 3.63) is 69.3 Å². The van der Waals surface area contributed by atoms with Crippen molar-refractivity contribution in [1.29, 1.82) is 0 Å². The van der Waals surface area contributed by atoms with Crippen molar-refractivity contribution >= 4 is 27.6 Å². The minimum absolute atomic E-state index is 0.00154. The Morgan fingerprint density at radius 1 is 1.09 bits per heavy atom. The minimum atomic E-state index is -3.61. The molecule has 0 unspecified atom stereocenters. The van der Waals surface area contributed by atoms with Gasteiger partial charge in [-0.1, -0.05) is 18.6 Å². The number of piperidine rings is 1. The van der Waals surface area contributed by atoms with E-state index in [1.54, 1.807) is 12.1 Å². The molecule has 0 radical (unpaired) electrons. The van der Waals surface area contributed by atoms with E-state index in [1.807, 2.05) is 0 Å². The number of nitrogens with zero attached hydrogens (tertiary/aromatic N) is 2. The molecule has 0 atom stereocenters. The van der Waals surface area contributed by atoms with Crippen molar-refractivity contribution in [2.45, 2.75) is 30.7 Å². The maximum absolute atomic E-state index is 12.9. The van der Waals surface area contributed by atoms with E-state index in [0.717, 1.165) is 38.5 Å². The summed E-state index contributed by atoms with van der Waals surface area (Å²) in [5.41, 5.74) is -0.0825. The van der Waals surface area contributed by atoms with E-state index in [4.69, 9.17) is 0 Å². The van der Waals surface area contributed by atoms with Crippen molar-refractivity contribution in [1.82, 2.24) is 9.62 Å². The van der Waals surface area contributed by atoms with Gasteiger partial charge >= 0.3 is 5.97 Å². The van der Waals surface area contributed by atoms with E-state index in [0.29, 0.717) is 18.7 Å². The number of amides is 1. The second-order valence-corrected chi connectivity index (χ2v) is 9.25. The lowest BCUT2D eigenvalue weighted by Crippen LogP contribution is -2.35. The molecule has 1 amide bonds. The number of nitro groups is 1. The smallest absolute Gasteiger partial charge is 0.338 e. The molecule has 0 spiro atoms. The molecule has 1 N–H and O–H groups in total. The number of carbonyl (C=O) groups is 2. The fourth-order valence-corrected chi connectivity index (χ4v) is 5.03. The lowest BCUT2D eigenvalue weighted by Gasteiger charge is -2.26. The van der Waals surface area contributed by atoms with Crippen molar-refractivity contribution < 1.29 is 27.7 Å². The number of nitrogens with one attached hydrogen (secondary N) is 1. The van der Waals surface area contributed by atoms with E-state index < -0.39 is 32.5 Å². The largest absolute Gasteiger partial charge is 0.465 e. The van der Waals surface area contributed by atoms with Gasteiger partial charge in [0.25, 0.3) is 11.6 Å². The first-order chi connectivity index (χ1) is 15.2. The van der Waals surface area contributed by atoms with Gasteiger partial charge in [0.15, 0.2) is 0 Å². The molecule has 10 nitrogen and oxygen atoms in total. The van der Waals surface area contributed by atoms with Gasteiger partial charge in [-0.15, -0.1) is 0 Å². The molecule has 3 rings (SSSR count). The van der Waals surface area contributed by atoms with Crippen LogP contribution < -0.4 is 5.32 Å². The third kappa shape index (κ3) is 5.29. The fraction of sp³-hybridized carbons (Fsp3) is 0.333. The van der Waals surface area contributed by atoms with Crippen molar-refractivity contribution in [2.75, 3.05) is 20.2 Å². The number of nitro benzene ring substituents is 1. The summed E-state index contributed by atoms with van der Waals surface area (Å²) in [6.07, 6.45) is 2.66. The normalized spacial score (nSPS) is 14.5. The van der Waals surface area contributed by atoms with E-state index >= 15 is 0 Å².